The molecule has 0 unspecified atom stereocenters. The van der Waals surface area contributed by atoms with Crippen molar-refractivity contribution in [1.82, 2.24) is 5.32 Å². The topological polar surface area (TPSA) is 109 Å². The highest BCUT2D eigenvalue weighted by Gasteiger charge is 2.16. The lowest BCUT2D eigenvalue weighted by Gasteiger charge is -2.13. The van der Waals surface area contributed by atoms with Crippen LogP contribution < -0.4 is 5.32 Å². The molecule has 0 radical (unpaired) electrons. The molecule has 2 aromatic carbocycles. The molecule has 1 heterocycles. The Labute approximate surface area is 180 Å². The minimum atomic E-state index is -0.511. The van der Waals surface area contributed by atoms with Crippen LogP contribution in [-0.4, -0.2) is 10.8 Å². The van der Waals surface area contributed by atoms with Crippen LogP contribution in [0.5, 0.6) is 0 Å². The van der Waals surface area contributed by atoms with Gasteiger partial charge in [0.1, 0.15) is 23.2 Å². The molecule has 8 heteroatoms. The Kier molecular flexibility index (Phi) is 6.45. The molecular weight excluding hydrogens is 450 g/mol. The van der Waals surface area contributed by atoms with Crippen LogP contribution in [0.3, 0.4) is 0 Å². The van der Waals surface area contributed by atoms with Crippen molar-refractivity contribution in [2.45, 2.75) is 13.0 Å². The Hall–Kier alpha value is -3.70. The maximum Gasteiger partial charge on any atom is 0.270 e. The third-order valence-corrected chi connectivity index (χ3v) is 5.01. The van der Waals surface area contributed by atoms with E-state index in [1.54, 1.807) is 18.2 Å². The molecule has 0 spiro atoms. The molecule has 0 aliphatic rings. The van der Waals surface area contributed by atoms with Gasteiger partial charge in [-0.1, -0.05) is 30.3 Å². The molecule has 30 heavy (non-hydrogen) atoms. The van der Waals surface area contributed by atoms with Crippen LogP contribution in [0.1, 0.15) is 24.3 Å². The number of amides is 1. The zero-order valence-corrected chi connectivity index (χ0v) is 17.4. The minimum Gasteiger partial charge on any atom is -0.457 e. The second kappa shape index (κ2) is 9.20. The van der Waals surface area contributed by atoms with E-state index in [0.29, 0.717) is 21.6 Å². The van der Waals surface area contributed by atoms with Crippen molar-refractivity contribution in [3.05, 3.63) is 92.1 Å². The third kappa shape index (κ3) is 4.82. The summed E-state index contributed by atoms with van der Waals surface area (Å²) >= 11 is 3.30. The van der Waals surface area contributed by atoms with Gasteiger partial charge in [0.25, 0.3) is 11.6 Å². The number of nitro benzene ring substituents is 1. The number of hydrogen-bond acceptors (Lipinski definition) is 5. The minimum absolute atomic E-state index is 0.0479. The fraction of sp³-hybridized carbons (Fsp3) is 0.0909. The molecule has 1 amide bonds. The number of nitro groups is 1. The zero-order chi connectivity index (χ0) is 21.7. The molecule has 0 saturated carbocycles. The van der Waals surface area contributed by atoms with Crippen molar-refractivity contribution in [2.24, 2.45) is 0 Å². The number of nitrogens with one attached hydrogen (secondary N) is 1. The van der Waals surface area contributed by atoms with Crippen LogP contribution in [0.15, 0.2) is 75.1 Å². The molecule has 0 aliphatic heterocycles. The van der Waals surface area contributed by atoms with E-state index in [-0.39, 0.29) is 17.3 Å². The number of hydrogen-bond donors (Lipinski definition) is 1. The van der Waals surface area contributed by atoms with Crippen LogP contribution in [0.4, 0.5) is 5.69 Å². The van der Waals surface area contributed by atoms with E-state index in [1.165, 1.54) is 18.2 Å². The summed E-state index contributed by atoms with van der Waals surface area (Å²) in [7, 11) is 0. The number of carbonyl (C=O) groups excluding carboxylic acids is 1. The van der Waals surface area contributed by atoms with Gasteiger partial charge in [0, 0.05) is 28.2 Å². The van der Waals surface area contributed by atoms with Crippen molar-refractivity contribution in [3.8, 4) is 17.4 Å². The van der Waals surface area contributed by atoms with Crippen LogP contribution in [-0.2, 0) is 4.79 Å². The Bertz CT molecular complexity index is 1160. The van der Waals surface area contributed by atoms with Crippen molar-refractivity contribution in [1.29, 1.82) is 5.26 Å². The van der Waals surface area contributed by atoms with E-state index in [2.05, 4.69) is 21.2 Å². The number of nitriles is 1. The first-order valence-corrected chi connectivity index (χ1v) is 9.70. The van der Waals surface area contributed by atoms with Gasteiger partial charge in [-0.25, -0.2) is 0 Å². The molecule has 0 fully saturated rings. The van der Waals surface area contributed by atoms with E-state index in [0.717, 1.165) is 5.56 Å². The monoisotopic (exact) mass is 465 g/mol. The number of benzene rings is 2. The molecule has 150 valence electrons. The molecule has 3 rings (SSSR count). The summed E-state index contributed by atoms with van der Waals surface area (Å²) in [5.41, 5.74) is 1.39. The summed E-state index contributed by atoms with van der Waals surface area (Å²) < 4.78 is 6.21. The predicted molar refractivity (Wildman–Crippen MR) is 115 cm³/mol. The SMILES string of the molecule is C[C@@H](NC(=O)/C(C#N)=C/c1ccc(-c2ccc([N+](=O)[O-])cc2Br)o1)c1ccccc1. The van der Waals surface area contributed by atoms with E-state index < -0.39 is 10.8 Å². The molecule has 7 nitrogen and oxygen atoms in total. The molecule has 1 aromatic heterocycles. The smallest absolute Gasteiger partial charge is 0.270 e. The number of nitrogens with zero attached hydrogens (tertiary/aromatic N) is 2. The van der Waals surface area contributed by atoms with Gasteiger partial charge in [0.05, 0.1) is 11.0 Å². The molecule has 0 saturated heterocycles. The zero-order valence-electron chi connectivity index (χ0n) is 15.8. The number of carbonyl (C=O) groups is 1. The van der Waals surface area contributed by atoms with Crippen LogP contribution in [0, 0.1) is 21.4 Å². The normalized spacial score (nSPS) is 12.1. The average Bonchev–Trinajstić information content (AvgIpc) is 3.20. The van der Waals surface area contributed by atoms with E-state index in [9.17, 15) is 20.2 Å². The summed E-state index contributed by atoms with van der Waals surface area (Å²) in [6.07, 6.45) is 1.36. The largest absolute Gasteiger partial charge is 0.457 e. The summed E-state index contributed by atoms with van der Waals surface area (Å²) in [6, 6.07) is 18.6. The number of furan rings is 1. The van der Waals surface area contributed by atoms with Gasteiger partial charge in [0.15, 0.2) is 0 Å². The third-order valence-electron chi connectivity index (χ3n) is 4.35. The van der Waals surface area contributed by atoms with Crippen molar-refractivity contribution in [3.63, 3.8) is 0 Å². The standard InChI is InChI=1S/C22H16BrN3O4/c1-14(15-5-3-2-4-6-15)25-22(27)16(13-24)11-18-8-10-21(30-18)19-9-7-17(26(28)29)12-20(19)23/h2-12,14H,1H3,(H,25,27)/b16-11+/t14-/m1/s1. The second-order valence-corrected chi connectivity index (χ2v) is 7.25. The Morgan fingerprint density at radius 1 is 1.23 bits per heavy atom. The molecule has 0 bridgehead atoms. The predicted octanol–water partition coefficient (Wildman–Crippen LogP) is 5.40. The van der Waals surface area contributed by atoms with Crippen LogP contribution in [0.2, 0.25) is 0 Å². The number of non-ortho nitro benzene ring substituents is 1. The van der Waals surface area contributed by atoms with Crippen molar-refractivity contribution in [2.75, 3.05) is 0 Å². The fourth-order valence-electron chi connectivity index (χ4n) is 2.78. The maximum absolute atomic E-state index is 12.5. The van der Waals surface area contributed by atoms with Gasteiger partial charge in [-0.3, -0.25) is 14.9 Å². The highest BCUT2D eigenvalue weighted by Crippen LogP contribution is 2.33. The van der Waals surface area contributed by atoms with Crippen molar-refractivity contribution >= 4 is 33.6 Å². The number of rotatable bonds is 6. The average molecular weight is 466 g/mol. The first-order valence-electron chi connectivity index (χ1n) is 8.91. The van der Waals surface area contributed by atoms with Gasteiger partial charge >= 0.3 is 0 Å². The Balaban J connectivity index is 1.79. The van der Waals surface area contributed by atoms with E-state index >= 15 is 0 Å². The quantitative estimate of drug-likeness (QED) is 0.226. The lowest BCUT2D eigenvalue weighted by Crippen LogP contribution is -2.27. The Morgan fingerprint density at radius 2 is 1.97 bits per heavy atom. The highest BCUT2D eigenvalue weighted by molar-refractivity contribution is 9.10. The van der Waals surface area contributed by atoms with Crippen LogP contribution >= 0.6 is 15.9 Å². The summed E-state index contributed by atoms with van der Waals surface area (Å²) in [6.45, 7) is 1.83. The lowest BCUT2D eigenvalue weighted by molar-refractivity contribution is -0.384. The van der Waals surface area contributed by atoms with Gasteiger partial charge in [-0.2, -0.15) is 5.26 Å². The van der Waals surface area contributed by atoms with Gasteiger partial charge in [-0.05, 0) is 46.6 Å². The van der Waals surface area contributed by atoms with Gasteiger partial charge < -0.3 is 9.73 Å². The van der Waals surface area contributed by atoms with Gasteiger partial charge in [-0.15, -0.1) is 0 Å². The first-order chi connectivity index (χ1) is 14.4. The van der Waals surface area contributed by atoms with E-state index in [1.807, 2.05) is 43.3 Å². The lowest BCUT2D eigenvalue weighted by atomic mass is 10.1. The molecular formula is C22H16BrN3O4. The molecule has 1 N–H and O–H groups in total. The first kappa shape index (κ1) is 21.0. The van der Waals surface area contributed by atoms with E-state index in [4.69, 9.17) is 4.42 Å². The number of halogens is 1. The summed E-state index contributed by atoms with van der Waals surface area (Å²) in [4.78, 5) is 22.9. The summed E-state index contributed by atoms with van der Waals surface area (Å²) in [5.74, 6) is 0.246. The summed E-state index contributed by atoms with van der Waals surface area (Å²) in [5, 5.41) is 23.1. The van der Waals surface area contributed by atoms with Crippen molar-refractivity contribution < 1.29 is 14.1 Å². The highest BCUT2D eigenvalue weighted by atomic mass is 79.9. The fourth-order valence-corrected chi connectivity index (χ4v) is 3.34. The molecule has 0 aliphatic carbocycles. The molecule has 3 aromatic rings. The molecule has 1 atom stereocenters. The van der Waals surface area contributed by atoms with Gasteiger partial charge in [0.2, 0.25) is 0 Å². The second-order valence-electron chi connectivity index (χ2n) is 6.40. The Morgan fingerprint density at radius 3 is 2.60 bits per heavy atom. The maximum atomic E-state index is 12.5. The van der Waals surface area contributed by atoms with Crippen LogP contribution in [0.25, 0.3) is 17.4 Å².